The molecule has 0 aromatic rings. The third-order valence-electron chi connectivity index (χ3n) is 2.08. The van der Waals surface area contributed by atoms with Gasteiger partial charge in [0, 0.05) is 12.9 Å². The molecule has 0 bridgehead atoms. The van der Waals surface area contributed by atoms with Crippen LogP contribution in [0.15, 0.2) is 0 Å². The van der Waals surface area contributed by atoms with Gasteiger partial charge in [-0.15, -0.1) is 0 Å². The first-order chi connectivity index (χ1) is 6.00. The highest BCUT2D eigenvalue weighted by molar-refractivity contribution is 6.15. The van der Waals surface area contributed by atoms with Gasteiger partial charge in [0.15, 0.2) is 0 Å². The molecule has 0 amide bonds. The molecular weight excluding hydrogens is 166 g/mol. The van der Waals surface area contributed by atoms with Gasteiger partial charge < -0.3 is 9.47 Å². The molecule has 1 heterocycles. The molecule has 0 aromatic heterocycles. The summed E-state index contributed by atoms with van der Waals surface area (Å²) in [6.07, 6.45) is -0.0950. The van der Waals surface area contributed by atoms with Crippen LogP contribution in [0.1, 0.15) is 20.3 Å². The van der Waals surface area contributed by atoms with Gasteiger partial charge >= 0.3 is 5.97 Å². The molecule has 0 saturated carbocycles. The summed E-state index contributed by atoms with van der Waals surface area (Å²) in [7, 11) is 11.3. The van der Waals surface area contributed by atoms with E-state index in [1.807, 2.05) is 0 Å². The summed E-state index contributed by atoms with van der Waals surface area (Å²) in [5.74, 6) is -0.575. The molecule has 1 fully saturated rings. The molecule has 68 valence electrons. The lowest BCUT2D eigenvalue weighted by Crippen LogP contribution is -2.43. The van der Waals surface area contributed by atoms with Crippen LogP contribution in [0.2, 0.25) is 5.82 Å². The Morgan fingerprint density at radius 1 is 1.54 bits per heavy atom. The smallest absolute Gasteiger partial charge is 0.302 e. The number of rotatable bonds is 1. The maximum absolute atomic E-state index is 10.7. The number of carbonyl (C=O) groups excluding carboxylic acids is 1. The van der Waals surface area contributed by atoms with Crippen molar-refractivity contribution in [3.8, 4) is 0 Å². The van der Waals surface area contributed by atoms with Crippen molar-refractivity contribution in [1.82, 2.24) is 0 Å². The standard InChI is InChI=1S/C8H12B2O3/c1-4-8(13-5(2)11)6(9)3-7(10)12-4/h4,6-8H,3H2,1-2H3. The fraction of sp³-hybridized carbons (Fsp3) is 0.875. The zero-order chi connectivity index (χ0) is 10.0. The Kier molecular flexibility index (Phi) is 3.42. The van der Waals surface area contributed by atoms with Crippen molar-refractivity contribution < 1.29 is 14.3 Å². The molecule has 5 heteroatoms. The van der Waals surface area contributed by atoms with Crippen LogP contribution in [0.4, 0.5) is 0 Å². The van der Waals surface area contributed by atoms with Crippen LogP contribution in [0.5, 0.6) is 0 Å². The van der Waals surface area contributed by atoms with Crippen LogP contribution in [0.3, 0.4) is 0 Å². The number of hydrogen-bond acceptors (Lipinski definition) is 3. The maximum Gasteiger partial charge on any atom is 0.302 e. The van der Waals surface area contributed by atoms with E-state index in [1.165, 1.54) is 6.92 Å². The van der Waals surface area contributed by atoms with Gasteiger partial charge in [-0.2, -0.15) is 0 Å². The van der Waals surface area contributed by atoms with E-state index < -0.39 is 0 Å². The van der Waals surface area contributed by atoms with Crippen LogP contribution in [0, 0.1) is 0 Å². The van der Waals surface area contributed by atoms with Gasteiger partial charge in [0.25, 0.3) is 0 Å². The van der Waals surface area contributed by atoms with Gasteiger partial charge in [0.05, 0.1) is 14.0 Å². The molecule has 3 nitrogen and oxygen atoms in total. The lowest BCUT2D eigenvalue weighted by molar-refractivity contribution is -0.161. The SMILES string of the molecule is [B]C1CC([B])C(OC(C)=O)C(C)O1. The molecule has 4 atom stereocenters. The first-order valence-corrected chi connectivity index (χ1v) is 4.34. The van der Waals surface area contributed by atoms with E-state index >= 15 is 0 Å². The summed E-state index contributed by atoms with van der Waals surface area (Å²) in [6.45, 7) is 3.15. The van der Waals surface area contributed by atoms with E-state index in [-0.39, 0.29) is 30.0 Å². The lowest BCUT2D eigenvalue weighted by Gasteiger charge is -2.37. The summed E-state index contributed by atoms with van der Waals surface area (Å²) in [5.41, 5.74) is 0. The summed E-state index contributed by atoms with van der Waals surface area (Å²) in [6, 6.07) is -0.350. The fourth-order valence-electron chi connectivity index (χ4n) is 1.53. The van der Waals surface area contributed by atoms with Crippen LogP contribution >= 0.6 is 0 Å². The normalized spacial score (nSPS) is 39.8. The van der Waals surface area contributed by atoms with E-state index in [0.717, 1.165) is 0 Å². The van der Waals surface area contributed by atoms with Crippen molar-refractivity contribution in [2.45, 2.75) is 44.3 Å². The molecule has 1 rings (SSSR count). The zero-order valence-corrected chi connectivity index (χ0v) is 7.90. The summed E-state index contributed by atoms with van der Waals surface area (Å²) in [5, 5.41) is 0. The van der Waals surface area contributed by atoms with Crippen LogP contribution in [0.25, 0.3) is 0 Å². The molecular formula is C8H12B2O3. The van der Waals surface area contributed by atoms with Gasteiger partial charge in [-0.3, -0.25) is 4.79 Å². The molecule has 0 aromatic carbocycles. The first-order valence-electron chi connectivity index (χ1n) is 4.34. The van der Waals surface area contributed by atoms with Gasteiger partial charge in [-0.1, -0.05) is 0 Å². The number of ether oxygens (including phenoxy) is 2. The predicted octanol–water partition coefficient (Wildman–Crippen LogP) is 0.178. The number of carbonyl (C=O) groups is 1. The highest BCUT2D eigenvalue weighted by Crippen LogP contribution is 2.28. The van der Waals surface area contributed by atoms with Gasteiger partial charge in [-0.05, 0) is 19.2 Å². The molecule has 4 unspecified atom stereocenters. The van der Waals surface area contributed by atoms with E-state index in [9.17, 15) is 4.79 Å². The molecule has 1 aliphatic rings. The molecule has 1 saturated heterocycles. The molecule has 0 spiro atoms. The monoisotopic (exact) mass is 178 g/mol. The molecule has 0 aliphatic carbocycles. The second-order valence-electron chi connectivity index (χ2n) is 3.35. The Labute approximate surface area is 81.0 Å². The topological polar surface area (TPSA) is 35.5 Å². The van der Waals surface area contributed by atoms with Crippen molar-refractivity contribution in [3.63, 3.8) is 0 Å². The highest BCUT2D eigenvalue weighted by atomic mass is 16.6. The third kappa shape index (κ3) is 2.76. The minimum Gasteiger partial charge on any atom is -0.460 e. The molecule has 13 heavy (non-hydrogen) atoms. The Morgan fingerprint density at radius 2 is 2.15 bits per heavy atom. The maximum atomic E-state index is 10.7. The van der Waals surface area contributed by atoms with Crippen LogP contribution < -0.4 is 0 Å². The zero-order valence-electron chi connectivity index (χ0n) is 7.90. The Morgan fingerprint density at radius 3 is 2.62 bits per heavy atom. The Balaban J connectivity index is 2.56. The van der Waals surface area contributed by atoms with E-state index in [4.69, 9.17) is 25.2 Å². The largest absolute Gasteiger partial charge is 0.460 e. The van der Waals surface area contributed by atoms with Crippen molar-refractivity contribution >= 4 is 21.7 Å². The minimum atomic E-state index is -0.378. The lowest BCUT2D eigenvalue weighted by atomic mass is 9.71. The van der Waals surface area contributed by atoms with E-state index in [1.54, 1.807) is 6.92 Å². The second kappa shape index (κ2) is 4.18. The van der Waals surface area contributed by atoms with E-state index in [2.05, 4.69) is 0 Å². The van der Waals surface area contributed by atoms with Gasteiger partial charge in [0.1, 0.15) is 14.0 Å². The Hall–Kier alpha value is -0.440. The summed E-state index contributed by atoms with van der Waals surface area (Å²) >= 11 is 0. The van der Waals surface area contributed by atoms with Gasteiger partial charge in [0.2, 0.25) is 0 Å². The van der Waals surface area contributed by atoms with Crippen molar-refractivity contribution in [1.29, 1.82) is 0 Å². The molecule has 0 N–H and O–H groups in total. The van der Waals surface area contributed by atoms with Crippen LogP contribution in [-0.4, -0.2) is 39.9 Å². The third-order valence-corrected chi connectivity index (χ3v) is 2.08. The highest BCUT2D eigenvalue weighted by Gasteiger charge is 2.33. The molecule has 1 aliphatic heterocycles. The quantitative estimate of drug-likeness (QED) is 0.424. The van der Waals surface area contributed by atoms with E-state index in [0.29, 0.717) is 6.42 Å². The summed E-state index contributed by atoms with van der Waals surface area (Å²) < 4.78 is 10.3. The number of esters is 1. The minimum absolute atomic E-state index is 0.234. The molecule has 4 radical (unpaired) electrons. The summed E-state index contributed by atoms with van der Waals surface area (Å²) in [4.78, 5) is 10.7. The van der Waals surface area contributed by atoms with Crippen molar-refractivity contribution in [2.24, 2.45) is 0 Å². The van der Waals surface area contributed by atoms with Gasteiger partial charge in [-0.25, -0.2) is 0 Å². The van der Waals surface area contributed by atoms with Crippen molar-refractivity contribution in [2.75, 3.05) is 0 Å². The number of hydrogen-bond donors (Lipinski definition) is 0. The second-order valence-corrected chi connectivity index (χ2v) is 3.35. The average molecular weight is 178 g/mol. The predicted molar refractivity (Wildman–Crippen MR) is 49.8 cm³/mol. The van der Waals surface area contributed by atoms with Crippen LogP contribution in [-0.2, 0) is 14.3 Å². The Bertz CT molecular complexity index is 186. The first kappa shape index (κ1) is 10.6. The van der Waals surface area contributed by atoms with Crippen molar-refractivity contribution in [3.05, 3.63) is 0 Å². The fourth-order valence-corrected chi connectivity index (χ4v) is 1.53. The average Bonchev–Trinajstić information content (AvgIpc) is 1.96.